The predicted molar refractivity (Wildman–Crippen MR) is 73.8 cm³/mol. The van der Waals surface area contributed by atoms with E-state index < -0.39 is 0 Å². The third-order valence-electron chi connectivity index (χ3n) is 3.13. The Bertz CT molecular complexity index is 353. The van der Waals surface area contributed by atoms with Gasteiger partial charge in [-0.05, 0) is 31.4 Å². The maximum atomic E-state index is 5.33. The van der Waals surface area contributed by atoms with Crippen LogP contribution in [0, 0.1) is 0 Å². The Morgan fingerprint density at radius 1 is 1.44 bits per heavy atom. The molecule has 100 valence electrons. The molecule has 1 aliphatic heterocycles. The van der Waals surface area contributed by atoms with Crippen LogP contribution in [-0.4, -0.2) is 37.0 Å². The summed E-state index contributed by atoms with van der Waals surface area (Å²) in [6.45, 7) is 6.21. The molecular weight excluding hydrogens is 226 g/mol. The van der Waals surface area contributed by atoms with Crippen molar-refractivity contribution >= 4 is 5.96 Å². The fraction of sp³-hybridized carbons (Fsp3) is 0.643. The van der Waals surface area contributed by atoms with E-state index in [9.17, 15) is 0 Å². The summed E-state index contributed by atoms with van der Waals surface area (Å²) in [5.41, 5.74) is 0. The van der Waals surface area contributed by atoms with Gasteiger partial charge in [0.1, 0.15) is 5.76 Å². The number of likely N-dealkylation sites (tertiary alicyclic amines) is 1. The van der Waals surface area contributed by atoms with E-state index in [4.69, 9.17) is 4.42 Å². The van der Waals surface area contributed by atoms with Crippen LogP contribution in [-0.2, 0) is 6.42 Å². The van der Waals surface area contributed by atoms with E-state index in [-0.39, 0.29) is 0 Å². The van der Waals surface area contributed by atoms with Gasteiger partial charge in [-0.2, -0.15) is 0 Å². The van der Waals surface area contributed by atoms with Crippen molar-refractivity contribution in [1.82, 2.24) is 10.2 Å². The van der Waals surface area contributed by atoms with Gasteiger partial charge in [-0.15, -0.1) is 0 Å². The molecule has 4 heteroatoms. The molecule has 0 radical (unpaired) electrons. The molecule has 1 N–H and O–H groups in total. The molecule has 0 bridgehead atoms. The van der Waals surface area contributed by atoms with E-state index in [0.717, 1.165) is 50.7 Å². The topological polar surface area (TPSA) is 40.8 Å². The first kappa shape index (κ1) is 13.0. The fourth-order valence-electron chi connectivity index (χ4n) is 2.17. The van der Waals surface area contributed by atoms with Gasteiger partial charge in [-0.25, -0.2) is 0 Å². The van der Waals surface area contributed by atoms with Crippen molar-refractivity contribution < 1.29 is 4.42 Å². The van der Waals surface area contributed by atoms with Gasteiger partial charge in [-0.1, -0.05) is 6.92 Å². The average Bonchev–Trinajstić information content (AvgIpc) is 3.05. The summed E-state index contributed by atoms with van der Waals surface area (Å²) in [5, 5.41) is 3.45. The van der Waals surface area contributed by atoms with Gasteiger partial charge in [-0.3, -0.25) is 4.99 Å². The van der Waals surface area contributed by atoms with Crippen LogP contribution < -0.4 is 5.32 Å². The zero-order chi connectivity index (χ0) is 12.6. The van der Waals surface area contributed by atoms with Crippen LogP contribution in [0.2, 0.25) is 0 Å². The first-order chi connectivity index (χ1) is 8.90. The molecule has 1 aromatic heterocycles. The summed E-state index contributed by atoms with van der Waals surface area (Å²) >= 11 is 0. The Morgan fingerprint density at radius 2 is 2.28 bits per heavy atom. The monoisotopic (exact) mass is 249 g/mol. The zero-order valence-corrected chi connectivity index (χ0v) is 11.2. The van der Waals surface area contributed by atoms with Gasteiger partial charge in [0.25, 0.3) is 0 Å². The molecule has 2 heterocycles. The second kappa shape index (κ2) is 7.09. The highest BCUT2D eigenvalue weighted by molar-refractivity contribution is 5.80. The molecule has 1 aliphatic rings. The van der Waals surface area contributed by atoms with Gasteiger partial charge in [0, 0.05) is 32.6 Å². The first-order valence-electron chi connectivity index (χ1n) is 6.96. The quantitative estimate of drug-likeness (QED) is 0.643. The van der Waals surface area contributed by atoms with Gasteiger partial charge >= 0.3 is 0 Å². The molecule has 2 rings (SSSR count). The summed E-state index contributed by atoms with van der Waals surface area (Å²) < 4.78 is 5.33. The van der Waals surface area contributed by atoms with Crippen molar-refractivity contribution in [3.63, 3.8) is 0 Å². The molecular formula is C14H23N3O. The van der Waals surface area contributed by atoms with Crippen LogP contribution in [0.15, 0.2) is 27.8 Å². The lowest BCUT2D eigenvalue weighted by molar-refractivity contribution is 0.480. The highest BCUT2D eigenvalue weighted by atomic mass is 16.3. The third-order valence-corrected chi connectivity index (χ3v) is 3.13. The van der Waals surface area contributed by atoms with E-state index in [2.05, 4.69) is 22.1 Å². The van der Waals surface area contributed by atoms with Crippen molar-refractivity contribution in [1.29, 1.82) is 0 Å². The molecule has 18 heavy (non-hydrogen) atoms. The molecule has 1 aromatic rings. The summed E-state index contributed by atoms with van der Waals surface area (Å²) in [6, 6.07) is 3.95. The largest absolute Gasteiger partial charge is 0.469 e. The van der Waals surface area contributed by atoms with Crippen LogP contribution in [0.1, 0.15) is 31.9 Å². The number of aliphatic imine (C=N–C) groups is 1. The van der Waals surface area contributed by atoms with Crippen LogP contribution in [0.3, 0.4) is 0 Å². The Labute approximate surface area is 109 Å². The molecule has 0 unspecified atom stereocenters. The maximum Gasteiger partial charge on any atom is 0.193 e. The van der Waals surface area contributed by atoms with E-state index in [1.54, 1.807) is 6.26 Å². The highest BCUT2D eigenvalue weighted by Crippen LogP contribution is 2.07. The van der Waals surface area contributed by atoms with E-state index in [1.807, 2.05) is 12.1 Å². The minimum absolute atomic E-state index is 0.882. The molecule has 0 atom stereocenters. The lowest BCUT2D eigenvalue weighted by atomic mass is 10.3. The minimum Gasteiger partial charge on any atom is -0.469 e. The average molecular weight is 249 g/mol. The van der Waals surface area contributed by atoms with Crippen LogP contribution >= 0.6 is 0 Å². The maximum absolute atomic E-state index is 5.33. The summed E-state index contributed by atoms with van der Waals surface area (Å²) in [7, 11) is 0. The number of rotatable bonds is 5. The van der Waals surface area contributed by atoms with E-state index in [1.165, 1.54) is 12.8 Å². The van der Waals surface area contributed by atoms with Crippen molar-refractivity contribution in [3.8, 4) is 0 Å². The smallest absolute Gasteiger partial charge is 0.193 e. The molecule has 1 fully saturated rings. The Balaban J connectivity index is 1.81. The van der Waals surface area contributed by atoms with Crippen molar-refractivity contribution in [2.75, 3.05) is 26.2 Å². The number of hydrogen-bond acceptors (Lipinski definition) is 2. The molecule has 0 aromatic carbocycles. The SMILES string of the molecule is CCCN=C(NCCc1ccco1)N1CCCC1. The lowest BCUT2D eigenvalue weighted by Gasteiger charge is -2.21. The molecule has 0 aliphatic carbocycles. The van der Waals surface area contributed by atoms with Crippen molar-refractivity contribution in [2.24, 2.45) is 4.99 Å². The highest BCUT2D eigenvalue weighted by Gasteiger charge is 2.15. The normalized spacial score (nSPS) is 16.3. The van der Waals surface area contributed by atoms with Crippen molar-refractivity contribution in [3.05, 3.63) is 24.2 Å². The number of hydrogen-bond donors (Lipinski definition) is 1. The van der Waals surface area contributed by atoms with Gasteiger partial charge in [0.05, 0.1) is 6.26 Å². The van der Waals surface area contributed by atoms with Gasteiger partial charge in [0.2, 0.25) is 0 Å². The first-order valence-corrected chi connectivity index (χ1v) is 6.96. The zero-order valence-electron chi connectivity index (χ0n) is 11.2. The number of guanidine groups is 1. The summed E-state index contributed by atoms with van der Waals surface area (Å²) in [6.07, 6.45) is 6.29. The second-order valence-electron chi connectivity index (χ2n) is 4.66. The Morgan fingerprint density at radius 3 is 2.94 bits per heavy atom. The van der Waals surface area contributed by atoms with Crippen LogP contribution in [0.4, 0.5) is 0 Å². The molecule has 0 amide bonds. The Hall–Kier alpha value is -1.45. The molecule has 1 saturated heterocycles. The van der Waals surface area contributed by atoms with E-state index in [0.29, 0.717) is 0 Å². The van der Waals surface area contributed by atoms with E-state index >= 15 is 0 Å². The Kier molecular flexibility index (Phi) is 5.12. The standard InChI is InChI=1S/C14H23N3O/c1-2-8-15-14(17-10-3-4-11-17)16-9-7-13-6-5-12-18-13/h5-6,12H,2-4,7-11H2,1H3,(H,15,16). The number of nitrogens with zero attached hydrogens (tertiary/aromatic N) is 2. The van der Waals surface area contributed by atoms with Gasteiger partial charge < -0.3 is 14.6 Å². The number of furan rings is 1. The minimum atomic E-state index is 0.882. The molecule has 4 nitrogen and oxygen atoms in total. The van der Waals surface area contributed by atoms with Crippen LogP contribution in [0.5, 0.6) is 0 Å². The number of nitrogens with one attached hydrogen (secondary N) is 1. The third kappa shape index (κ3) is 3.79. The summed E-state index contributed by atoms with van der Waals surface area (Å²) in [5.74, 6) is 2.10. The van der Waals surface area contributed by atoms with Gasteiger partial charge in [0.15, 0.2) is 5.96 Å². The fourth-order valence-corrected chi connectivity index (χ4v) is 2.17. The second-order valence-corrected chi connectivity index (χ2v) is 4.66. The molecule has 0 spiro atoms. The predicted octanol–water partition coefficient (Wildman–Crippen LogP) is 2.27. The lowest BCUT2D eigenvalue weighted by Crippen LogP contribution is -2.40. The van der Waals surface area contributed by atoms with Crippen molar-refractivity contribution in [2.45, 2.75) is 32.6 Å². The molecule has 0 saturated carbocycles. The van der Waals surface area contributed by atoms with Crippen LogP contribution in [0.25, 0.3) is 0 Å². The summed E-state index contributed by atoms with van der Waals surface area (Å²) in [4.78, 5) is 7.00.